The molecule has 0 heteroatoms. The first-order chi connectivity index (χ1) is 6.84. The van der Waals surface area contributed by atoms with Gasteiger partial charge in [-0.3, -0.25) is 0 Å². The maximum Gasteiger partial charge on any atom is -0.0203 e. The van der Waals surface area contributed by atoms with Gasteiger partial charge in [-0.15, -0.1) is 0 Å². The standard InChI is InChI=1S/C12H20.C2H6/c1-3-4-8-11(2)12-9-6-5-7-10-12;1-2/h3-4,8,12H,5-7,9-10H2,1-2H3;1-2H3/b4-3-,11-8+;. The largest absolute Gasteiger partial charge is 0.0877 e. The Morgan fingerprint density at radius 3 is 2.14 bits per heavy atom. The summed E-state index contributed by atoms with van der Waals surface area (Å²) >= 11 is 0. The van der Waals surface area contributed by atoms with Crippen LogP contribution in [-0.4, -0.2) is 0 Å². The second kappa shape index (κ2) is 9.05. The topological polar surface area (TPSA) is 0 Å². The second-order valence-corrected chi connectivity index (χ2v) is 3.77. The molecule has 0 amide bonds. The first-order valence-corrected chi connectivity index (χ1v) is 6.14. The van der Waals surface area contributed by atoms with E-state index in [9.17, 15) is 0 Å². The first-order valence-electron chi connectivity index (χ1n) is 6.14. The van der Waals surface area contributed by atoms with Gasteiger partial charge in [0, 0.05) is 0 Å². The summed E-state index contributed by atoms with van der Waals surface area (Å²) in [6.07, 6.45) is 13.7. The van der Waals surface area contributed by atoms with Crippen LogP contribution in [0.15, 0.2) is 23.8 Å². The summed E-state index contributed by atoms with van der Waals surface area (Å²) < 4.78 is 0. The molecule has 0 radical (unpaired) electrons. The van der Waals surface area contributed by atoms with Crippen LogP contribution in [0.1, 0.15) is 59.8 Å². The summed E-state index contributed by atoms with van der Waals surface area (Å²) in [4.78, 5) is 0. The normalized spacial score (nSPS) is 19.3. The Morgan fingerprint density at radius 2 is 1.64 bits per heavy atom. The van der Waals surface area contributed by atoms with E-state index in [1.807, 2.05) is 13.8 Å². The van der Waals surface area contributed by atoms with Crippen LogP contribution in [0.25, 0.3) is 0 Å². The molecule has 0 nitrogen and oxygen atoms in total. The van der Waals surface area contributed by atoms with E-state index in [0.29, 0.717) is 0 Å². The first kappa shape index (κ1) is 13.5. The summed E-state index contributed by atoms with van der Waals surface area (Å²) in [6.45, 7) is 8.35. The Hall–Kier alpha value is -0.520. The monoisotopic (exact) mass is 194 g/mol. The molecule has 14 heavy (non-hydrogen) atoms. The van der Waals surface area contributed by atoms with Gasteiger partial charge >= 0.3 is 0 Å². The van der Waals surface area contributed by atoms with Crippen LogP contribution in [0.4, 0.5) is 0 Å². The minimum Gasteiger partial charge on any atom is -0.0877 e. The van der Waals surface area contributed by atoms with Gasteiger partial charge in [0.15, 0.2) is 0 Å². The predicted octanol–water partition coefficient (Wildman–Crippen LogP) is 5.12. The van der Waals surface area contributed by atoms with Crippen molar-refractivity contribution in [1.82, 2.24) is 0 Å². The molecule has 1 aliphatic rings. The van der Waals surface area contributed by atoms with Crippen molar-refractivity contribution in [3.05, 3.63) is 23.8 Å². The molecule has 0 unspecified atom stereocenters. The molecule has 0 aliphatic heterocycles. The Kier molecular flexibility index (Phi) is 8.72. The molecule has 0 aromatic rings. The molecule has 82 valence electrons. The fraction of sp³-hybridized carbons (Fsp3) is 0.714. The summed E-state index contributed by atoms with van der Waals surface area (Å²) in [6, 6.07) is 0. The molecule has 1 saturated carbocycles. The van der Waals surface area contributed by atoms with Gasteiger partial charge in [-0.25, -0.2) is 0 Å². The number of hydrogen-bond donors (Lipinski definition) is 0. The van der Waals surface area contributed by atoms with Crippen molar-refractivity contribution >= 4 is 0 Å². The zero-order chi connectivity index (χ0) is 10.8. The highest BCUT2D eigenvalue weighted by Gasteiger charge is 2.13. The van der Waals surface area contributed by atoms with E-state index in [2.05, 4.69) is 32.1 Å². The molecular formula is C14H26. The van der Waals surface area contributed by atoms with E-state index in [4.69, 9.17) is 0 Å². The fourth-order valence-corrected chi connectivity index (χ4v) is 1.94. The third kappa shape index (κ3) is 5.26. The fourth-order valence-electron chi connectivity index (χ4n) is 1.94. The maximum absolute atomic E-state index is 2.27. The SMILES string of the molecule is C/C=C\C=C(/C)C1CCCCC1.CC. The average Bonchev–Trinajstić information content (AvgIpc) is 2.30. The molecule has 0 heterocycles. The molecule has 0 N–H and O–H groups in total. The van der Waals surface area contributed by atoms with E-state index in [1.165, 1.54) is 32.1 Å². The highest BCUT2D eigenvalue weighted by atomic mass is 14.2. The Balaban J connectivity index is 0.000000791. The van der Waals surface area contributed by atoms with Crippen LogP contribution < -0.4 is 0 Å². The van der Waals surface area contributed by atoms with Gasteiger partial charge in [-0.2, -0.15) is 0 Å². The number of allylic oxidation sites excluding steroid dienone is 4. The van der Waals surface area contributed by atoms with Gasteiger partial charge in [-0.05, 0) is 32.6 Å². The number of hydrogen-bond acceptors (Lipinski definition) is 0. The summed E-state index contributed by atoms with van der Waals surface area (Å²) in [5.41, 5.74) is 1.58. The predicted molar refractivity (Wildman–Crippen MR) is 66.5 cm³/mol. The minimum absolute atomic E-state index is 0.884. The molecule has 0 spiro atoms. The van der Waals surface area contributed by atoms with E-state index in [-0.39, 0.29) is 0 Å². The van der Waals surface area contributed by atoms with Crippen LogP contribution in [0.2, 0.25) is 0 Å². The van der Waals surface area contributed by atoms with Crippen molar-refractivity contribution in [1.29, 1.82) is 0 Å². The molecular weight excluding hydrogens is 168 g/mol. The molecule has 1 fully saturated rings. The highest BCUT2D eigenvalue weighted by Crippen LogP contribution is 2.29. The van der Waals surface area contributed by atoms with E-state index < -0.39 is 0 Å². The summed E-state index contributed by atoms with van der Waals surface area (Å²) in [7, 11) is 0. The van der Waals surface area contributed by atoms with Crippen LogP contribution in [-0.2, 0) is 0 Å². The van der Waals surface area contributed by atoms with Crippen molar-refractivity contribution in [2.24, 2.45) is 5.92 Å². The van der Waals surface area contributed by atoms with Crippen molar-refractivity contribution in [3.8, 4) is 0 Å². The molecule has 0 saturated heterocycles. The van der Waals surface area contributed by atoms with Crippen molar-refractivity contribution in [2.45, 2.75) is 59.8 Å². The lowest BCUT2D eigenvalue weighted by Gasteiger charge is -2.21. The van der Waals surface area contributed by atoms with Crippen LogP contribution >= 0.6 is 0 Å². The van der Waals surface area contributed by atoms with Crippen LogP contribution in [0, 0.1) is 5.92 Å². The molecule has 1 aliphatic carbocycles. The van der Waals surface area contributed by atoms with Crippen molar-refractivity contribution < 1.29 is 0 Å². The third-order valence-corrected chi connectivity index (χ3v) is 2.80. The van der Waals surface area contributed by atoms with Gasteiger partial charge in [0.1, 0.15) is 0 Å². The van der Waals surface area contributed by atoms with Crippen LogP contribution in [0.3, 0.4) is 0 Å². The van der Waals surface area contributed by atoms with Crippen molar-refractivity contribution in [2.75, 3.05) is 0 Å². The molecule has 0 aromatic heterocycles. The summed E-state index contributed by atoms with van der Waals surface area (Å²) in [5.74, 6) is 0.884. The molecule has 0 atom stereocenters. The molecule has 1 rings (SSSR count). The van der Waals surface area contributed by atoms with Gasteiger partial charge in [0.2, 0.25) is 0 Å². The maximum atomic E-state index is 2.27. The van der Waals surface area contributed by atoms with E-state index in [1.54, 1.807) is 5.57 Å². The highest BCUT2D eigenvalue weighted by molar-refractivity contribution is 5.13. The summed E-state index contributed by atoms with van der Waals surface area (Å²) in [5, 5.41) is 0. The third-order valence-electron chi connectivity index (χ3n) is 2.80. The van der Waals surface area contributed by atoms with Crippen LogP contribution in [0.5, 0.6) is 0 Å². The van der Waals surface area contributed by atoms with Gasteiger partial charge in [0.05, 0.1) is 0 Å². The zero-order valence-electron chi connectivity index (χ0n) is 10.3. The molecule has 0 aromatic carbocycles. The van der Waals surface area contributed by atoms with Crippen molar-refractivity contribution in [3.63, 3.8) is 0 Å². The smallest absolute Gasteiger partial charge is 0.0203 e. The molecule has 0 bridgehead atoms. The number of rotatable bonds is 2. The Bertz CT molecular complexity index is 168. The minimum atomic E-state index is 0.884. The second-order valence-electron chi connectivity index (χ2n) is 3.77. The Morgan fingerprint density at radius 1 is 1.07 bits per heavy atom. The lowest BCUT2D eigenvalue weighted by atomic mass is 9.84. The Labute approximate surface area is 90.1 Å². The van der Waals surface area contributed by atoms with Gasteiger partial charge in [0.25, 0.3) is 0 Å². The lowest BCUT2D eigenvalue weighted by Crippen LogP contribution is -2.06. The quantitative estimate of drug-likeness (QED) is 0.535. The lowest BCUT2D eigenvalue weighted by molar-refractivity contribution is 0.403. The average molecular weight is 194 g/mol. The van der Waals surface area contributed by atoms with Gasteiger partial charge in [-0.1, -0.05) is 56.9 Å². The van der Waals surface area contributed by atoms with E-state index in [0.717, 1.165) is 5.92 Å². The van der Waals surface area contributed by atoms with E-state index >= 15 is 0 Å². The zero-order valence-corrected chi connectivity index (χ0v) is 10.3. The van der Waals surface area contributed by atoms with Gasteiger partial charge < -0.3 is 0 Å².